The fraction of sp³-hybridized carbons (Fsp3) is 0.474. The molecule has 4 aliphatic rings. The molecule has 0 radical (unpaired) electrons. The molecular weight excluding hydrogens is 749 g/mol. The van der Waals surface area contributed by atoms with Crippen LogP contribution in [0.4, 0.5) is 28.1 Å². The van der Waals surface area contributed by atoms with Gasteiger partial charge in [0, 0.05) is 95.5 Å². The minimum atomic E-state index is -3.48. The van der Waals surface area contributed by atoms with Crippen LogP contribution in [0.3, 0.4) is 0 Å². The van der Waals surface area contributed by atoms with Gasteiger partial charge in [-0.25, -0.2) is 33.1 Å². The first-order valence-corrected chi connectivity index (χ1v) is 21.1. The first kappa shape index (κ1) is 37.1. The average molecular weight is 795 g/mol. The Kier molecular flexibility index (Phi) is 9.81. The zero-order chi connectivity index (χ0) is 39.3. The predicted octanol–water partition coefficient (Wildman–Crippen LogP) is 3.38. The SMILES string of the molecule is CC(C)n1nc(N2CCC(N3CCN(Cc4ccc(N5CCC(=O)NC5=O)nc4)CC3)CC2)c2cnc(Nc3ccnc(-c4cnn(S(=O)(=O)C5CC5)c4)n3)cc21. The second kappa shape index (κ2) is 15.1. The van der Waals surface area contributed by atoms with Gasteiger partial charge in [-0.2, -0.15) is 14.3 Å². The number of urea groups is 1. The third-order valence-corrected chi connectivity index (χ3v) is 13.3. The van der Waals surface area contributed by atoms with E-state index in [1.54, 1.807) is 12.3 Å². The summed E-state index contributed by atoms with van der Waals surface area (Å²) in [6.07, 6.45) is 12.0. The first-order chi connectivity index (χ1) is 27.6. The fourth-order valence-electron chi connectivity index (χ4n) is 7.93. The summed E-state index contributed by atoms with van der Waals surface area (Å²) in [5.74, 6) is 2.77. The molecule has 0 atom stereocenters. The van der Waals surface area contributed by atoms with E-state index in [0.717, 1.165) is 85.0 Å². The molecule has 0 unspecified atom stereocenters. The van der Waals surface area contributed by atoms with Crippen molar-refractivity contribution >= 4 is 56.1 Å². The van der Waals surface area contributed by atoms with Crippen LogP contribution in [0.25, 0.3) is 22.3 Å². The number of anilines is 4. The fourth-order valence-corrected chi connectivity index (χ4v) is 9.41. The molecule has 1 saturated carbocycles. The molecule has 9 rings (SSSR count). The molecule has 3 aliphatic heterocycles. The maximum absolute atomic E-state index is 12.6. The van der Waals surface area contributed by atoms with E-state index >= 15 is 0 Å². The number of imide groups is 1. The third-order valence-electron chi connectivity index (χ3n) is 11.2. The molecule has 0 aromatic carbocycles. The number of pyridine rings is 2. The lowest BCUT2D eigenvalue weighted by Crippen LogP contribution is -2.53. The molecule has 3 saturated heterocycles. The van der Waals surface area contributed by atoms with Crippen molar-refractivity contribution in [2.45, 2.75) is 69.8 Å². The number of amides is 3. The molecule has 0 spiro atoms. The molecule has 298 valence electrons. The van der Waals surface area contributed by atoms with E-state index < -0.39 is 16.1 Å². The number of fused-ring (bicyclic) bond motifs is 1. The van der Waals surface area contributed by atoms with Crippen molar-refractivity contribution in [3.8, 4) is 11.4 Å². The van der Waals surface area contributed by atoms with Gasteiger partial charge in [0.25, 0.3) is 10.0 Å². The maximum atomic E-state index is 12.6. The lowest BCUT2D eigenvalue weighted by Gasteiger charge is -2.43. The Balaban J connectivity index is 0.804. The number of piperazine rings is 1. The van der Waals surface area contributed by atoms with Crippen LogP contribution < -0.4 is 20.4 Å². The van der Waals surface area contributed by atoms with Crippen molar-refractivity contribution in [1.29, 1.82) is 0 Å². The highest BCUT2D eigenvalue weighted by atomic mass is 32.2. The average Bonchev–Trinajstić information content (AvgIpc) is 3.84. The number of carbonyl (C=O) groups excluding carboxylic acids is 2. The summed E-state index contributed by atoms with van der Waals surface area (Å²) in [7, 11) is -3.48. The van der Waals surface area contributed by atoms with Crippen LogP contribution in [0.5, 0.6) is 0 Å². The van der Waals surface area contributed by atoms with Gasteiger partial charge in [-0.15, -0.1) is 0 Å². The summed E-state index contributed by atoms with van der Waals surface area (Å²) in [5.41, 5.74) is 2.60. The zero-order valence-electron chi connectivity index (χ0n) is 32.0. The molecule has 3 amide bonds. The van der Waals surface area contributed by atoms with Gasteiger partial charge in [-0.1, -0.05) is 6.07 Å². The number of aromatic nitrogens is 8. The molecule has 19 heteroatoms. The van der Waals surface area contributed by atoms with Gasteiger partial charge in [0.15, 0.2) is 11.6 Å². The van der Waals surface area contributed by atoms with E-state index in [-0.39, 0.29) is 23.6 Å². The minimum Gasteiger partial charge on any atom is -0.354 e. The molecule has 5 aromatic rings. The molecule has 0 bridgehead atoms. The van der Waals surface area contributed by atoms with Crippen LogP contribution in [0.15, 0.2) is 55.2 Å². The lowest BCUT2D eigenvalue weighted by molar-refractivity contribution is -0.120. The Morgan fingerprint density at radius 2 is 1.70 bits per heavy atom. The highest BCUT2D eigenvalue weighted by molar-refractivity contribution is 7.90. The number of nitrogens with one attached hydrogen (secondary N) is 2. The number of rotatable bonds is 11. The van der Waals surface area contributed by atoms with E-state index in [9.17, 15) is 18.0 Å². The maximum Gasteiger partial charge on any atom is 0.329 e. The van der Waals surface area contributed by atoms with Gasteiger partial charge in [-0.3, -0.25) is 29.5 Å². The van der Waals surface area contributed by atoms with E-state index in [2.05, 4.69) is 63.9 Å². The molecule has 57 heavy (non-hydrogen) atoms. The normalized spacial score (nSPS) is 19.1. The van der Waals surface area contributed by atoms with Gasteiger partial charge in [-0.05, 0) is 57.2 Å². The van der Waals surface area contributed by atoms with Gasteiger partial charge < -0.3 is 10.2 Å². The number of hydrogen-bond donors (Lipinski definition) is 2. The van der Waals surface area contributed by atoms with Crippen LogP contribution in [-0.2, 0) is 21.4 Å². The van der Waals surface area contributed by atoms with Gasteiger partial charge in [0.05, 0.1) is 34.1 Å². The molecule has 5 aromatic heterocycles. The smallest absolute Gasteiger partial charge is 0.329 e. The van der Waals surface area contributed by atoms with Crippen LogP contribution in [0.2, 0.25) is 0 Å². The Hall–Kier alpha value is -5.53. The number of hydrogen-bond acceptors (Lipinski definition) is 14. The van der Waals surface area contributed by atoms with Crippen LogP contribution in [0, 0.1) is 0 Å². The second-order valence-corrected chi connectivity index (χ2v) is 17.6. The van der Waals surface area contributed by atoms with Gasteiger partial charge >= 0.3 is 6.03 Å². The van der Waals surface area contributed by atoms with Crippen LogP contribution >= 0.6 is 0 Å². The van der Waals surface area contributed by atoms with E-state index in [0.29, 0.717) is 54.3 Å². The van der Waals surface area contributed by atoms with Crippen molar-refractivity contribution in [3.05, 3.63) is 60.8 Å². The van der Waals surface area contributed by atoms with Crippen molar-refractivity contribution < 1.29 is 18.0 Å². The molecule has 8 heterocycles. The number of nitrogens with zero attached hydrogens (tertiary/aromatic N) is 12. The summed E-state index contributed by atoms with van der Waals surface area (Å²) >= 11 is 0. The standard InChI is InChI=1S/C38H46N14O4S/c1-25(2)52-31-19-33(43-32-7-11-39-36(44-32)27-21-42-51(24-27)57(55,56)29-4-5-29)40-22-30(31)37(46-52)49-12-8-28(9-13-49)48-17-15-47(16-18-48)23-26-3-6-34(41-20-26)50-14-10-35(53)45-38(50)54/h3,6-7,11,19-22,24-25,28-29H,4-5,8-10,12-18,23H2,1-2H3,(H,45,53,54)(H,39,40,43,44). The summed E-state index contributed by atoms with van der Waals surface area (Å²) < 4.78 is 28.3. The van der Waals surface area contributed by atoms with Crippen molar-refractivity contribution in [1.82, 2.24) is 54.0 Å². The highest BCUT2D eigenvalue weighted by Gasteiger charge is 2.38. The Morgan fingerprint density at radius 1 is 0.895 bits per heavy atom. The van der Waals surface area contributed by atoms with Crippen molar-refractivity contribution in [3.63, 3.8) is 0 Å². The van der Waals surface area contributed by atoms with E-state index in [1.165, 1.54) is 17.3 Å². The summed E-state index contributed by atoms with van der Waals surface area (Å²) in [5, 5.41) is 15.5. The Morgan fingerprint density at radius 3 is 2.42 bits per heavy atom. The summed E-state index contributed by atoms with van der Waals surface area (Å²) in [4.78, 5) is 50.9. The number of carbonyl (C=O) groups is 2. The summed E-state index contributed by atoms with van der Waals surface area (Å²) in [6, 6.07) is 7.86. The predicted molar refractivity (Wildman–Crippen MR) is 214 cm³/mol. The monoisotopic (exact) mass is 794 g/mol. The van der Waals surface area contributed by atoms with Crippen LogP contribution in [-0.4, -0.2) is 126 Å². The summed E-state index contributed by atoms with van der Waals surface area (Å²) in [6.45, 7) is 11.2. The van der Waals surface area contributed by atoms with Crippen LogP contribution in [0.1, 0.15) is 57.6 Å². The quantitative estimate of drug-likeness (QED) is 0.198. The van der Waals surface area contributed by atoms with E-state index in [1.807, 2.05) is 30.6 Å². The Bertz CT molecular complexity index is 2400. The lowest BCUT2D eigenvalue weighted by atomic mass is 10.0. The number of piperidine rings is 1. The Labute approximate surface area is 330 Å². The first-order valence-electron chi connectivity index (χ1n) is 19.6. The van der Waals surface area contributed by atoms with Gasteiger partial charge in [0.1, 0.15) is 17.5 Å². The van der Waals surface area contributed by atoms with Crippen molar-refractivity contribution in [2.75, 3.05) is 60.9 Å². The van der Waals surface area contributed by atoms with Gasteiger partial charge in [0.2, 0.25) is 5.91 Å². The minimum absolute atomic E-state index is 0.135. The zero-order valence-corrected chi connectivity index (χ0v) is 32.8. The molecular formula is C38H46N14O4S. The molecule has 18 nitrogen and oxygen atoms in total. The van der Waals surface area contributed by atoms with Crippen molar-refractivity contribution in [2.24, 2.45) is 0 Å². The topological polar surface area (TPSA) is 192 Å². The second-order valence-electron chi connectivity index (χ2n) is 15.5. The molecule has 4 fully saturated rings. The molecule has 2 N–H and O–H groups in total. The largest absolute Gasteiger partial charge is 0.354 e. The molecule has 1 aliphatic carbocycles. The van der Waals surface area contributed by atoms with E-state index in [4.69, 9.17) is 10.1 Å². The third kappa shape index (κ3) is 7.65. The highest BCUT2D eigenvalue weighted by Crippen LogP contribution is 2.33.